The van der Waals surface area contributed by atoms with Gasteiger partial charge in [0, 0.05) is 5.92 Å². The second-order valence-electron chi connectivity index (χ2n) is 5.87. The van der Waals surface area contributed by atoms with E-state index in [1.807, 2.05) is 0 Å². The van der Waals surface area contributed by atoms with E-state index in [9.17, 15) is 22.8 Å². The van der Waals surface area contributed by atoms with Crippen LogP contribution in [0.2, 0.25) is 0 Å². The van der Waals surface area contributed by atoms with Gasteiger partial charge in [0.15, 0.2) is 0 Å². The average molecular weight is 331 g/mol. The molecule has 0 fully saturated rings. The van der Waals surface area contributed by atoms with Gasteiger partial charge in [0.25, 0.3) is 0 Å². The van der Waals surface area contributed by atoms with Gasteiger partial charge in [-0.25, -0.2) is 4.79 Å². The average Bonchev–Trinajstić information content (AvgIpc) is 2.43. The van der Waals surface area contributed by atoms with E-state index in [0.717, 1.165) is 12.1 Å². The van der Waals surface area contributed by atoms with Crippen LogP contribution in [0.25, 0.3) is 0 Å². The molecule has 0 aliphatic rings. The zero-order valence-electron chi connectivity index (χ0n) is 13.1. The van der Waals surface area contributed by atoms with Crippen LogP contribution in [0, 0.1) is 11.8 Å². The smallest absolute Gasteiger partial charge is 0.416 e. The number of rotatable bonds is 6. The molecule has 0 aliphatic carbocycles. The predicted molar refractivity (Wildman–Crippen MR) is 78.7 cm³/mol. The van der Waals surface area contributed by atoms with Crippen LogP contribution in [0.3, 0.4) is 0 Å². The lowest BCUT2D eigenvalue weighted by Gasteiger charge is -2.20. The van der Waals surface area contributed by atoms with E-state index in [0.29, 0.717) is 5.56 Å². The molecule has 0 saturated heterocycles. The summed E-state index contributed by atoms with van der Waals surface area (Å²) in [6.07, 6.45) is -4.16. The van der Waals surface area contributed by atoms with Crippen molar-refractivity contribution in [2.75, 3.05) is 0 Å². The van der Waals surface area contributed by atoms with Gasteiger partial charge in [-0.05, 0) is 30.0 Å². The molecule has 2 atom stereocenters. The molecule has 0 saturated carbocycles. The lowest BCUT2D eigenvalue weighted by Crippen LogP contribution is -2.46. The maximum absolute atomic E-state index is 12.5. The fourth-order valence-corrected chi connectivity index (χ4v) is 2.09. The van der Waals surface area contributed by atoms with Crippen molar-refractivity contribution >= 4 is 11.9 Å². The number of carbonyl (C=O) groups excluding carboxylic acids is 1. The number of aliphatic carboxylic acids is 1. The first-order valence-corrected chi connectivity index (χ1v) is 7.21. The highest BCUT2D eigenvalue weighted by molar-refractivity contribution is 5.85. The molecular formula is C16H20F3NO3. The molecular weight excluding hydrogens is 311 g/mol. The number of halogens is 3. The Bertz CT molecular complexity index is 553. The van der Waals surface area contributed by atoms with Crippen LogP contribution in [0.1, 0.15) is 31.9 Å². The van der Waals surface area contributed by atoms with Gasteiger partial charge in [-0.3, -0.25) is 4.79 Å². The molecule has 1 aromatic carbocycles. The predicted octanol–water partition coefficient (Wildman–Crippen LogP) is 3.11. The zero-order valence-corrected chi connectivity index (χ0v) is 13.1. The largest absolute Gasteiger partial charge is 0.480 e. The van der Waals surface area contributed by atoms with Gasteiger partial charge in [0.1, 0.15) is 6.04 Å². The van der Waals surface area contributed by atoms with Gasteiger partial charge in [0.2, 0.25) is 5.91 Å². The van der Waals surface area contributed by atoms with Crippen LogP contribution in [-0.4, -0.2) is 23.0 Å². The van der Waals surface area contributed by atoms with Gasteiger partial charge in [-0.2, -0.15) is 13.2 Å². The first-order valence-electron chi connectivity index (χ1n) is 7.21. The standard InChI is InChI=1S/C16H20F3NO3/c1-9(2)13(15(22)23)20-14(21)10(3)8-11-4-6-12(7-5-11)16(17,18)19/h4-7,9-10,13H,8H2,1-3H3,(H,20,21)(H,22,23)/t10?,13-/m1/s1. The van der Waals surface area contributed by atoms with Crippen LogP contribution in [-0.2, 0) is 22.2 Å². The summed E-state index contributed by atoms with van der Waals surface area (Å²) in [5.41, 5.74) is -0.166. The number of benzene rings is 1. The second-order valence-corrected chi connectivity index (χ2v) is 5.87. The minimum Gasteiger partial charge on any atom is -0.480 e. The summed E-state index contributed by atoms with van der Waals surface area (Å²) in [4.78, 5) is 23.1. The van der Waals surface area contributed by atoms with Crippen molar-refractivity contribution in [3.63, 3.8) is 0 Å². The summed E-state index contributed by atoms with van der Waals surface area (Å²) in [5, 5.41) is 11.5. The maximum Gasteiger partial charge on any atom is 0.416 e. The van der Waals surface area contributed by atoms with Gasteiger partial charge >= 0.3 is 12.1 Å². The molecule has 0 spiro atoms. The minimum absolute atomic E-state index is 0.231. The number of alkyl halides is 3. The number of hydrogen-bond acceptors (Lipinski definition) is 2. The number of nitrogens with one attached hydrogen (secondary N) is 1. The van der Waals surface area contributed by atoms with Crippen LogP contribution in [0.5, 0.6) is 0 Å². The maximum atomic E-state index is 12.5. The van der Waals surface area contributed by atoms with Gasteiger partial charge in [-0.15, -0.1) is 0 Å². The Labute approximate surface area is 132 Å². The van der Waals surface area contributed by atoms with E-state index >= 15 is 0 Å². The lowest BCUT2D eigenvalue weighted by atomic mass is 9.97. The van der Waals surface area contributed by atoms with E-state index < -0.39 is 35.6 Å². The highest BCUT2D eigenvalue weighted by atomic mass is 19.4. The monoisotopic (exact) mass is 331 g/mol. The molecule has 128 valence electrons. The SMILES string of the molecule is CC(Cc1ccc(C(F)(F)F)cc1)C(=O)N[C@@H](C(=O)O)C(C)C. The Morgan fingerprint density at radius 1 is 1.13 bits per heavy atom. The van der Waals surface area contributed by atoms with Crippen molar-refractivity contribution in [2.24, 2.45) is 11.8 Å². The van der Waals surface area contributed by atoms with Gasteiger partial charge < -0.3 is 10.4 Å². The highest BCUT2D eigenvalue weighted by Gasteiger charge is 2.30. The first kappa shape index (κ1) is 19.0. The van der Waals surface area contributed by atoms with Gasteiger partial charge in [-0.1, -0.05) is 32.9 Å². The van der Waals surface area contributed by atoms with Gasteiger partial charge in [0.05, 0.1) is 5.56 Å². The Morgan fingerprint density at radius 2 is 1.65 bits per heavy atom. The molecule has 1 aromatic rings. The number of carboxylic acids is 1. The molecule has 0 aliphatic heterocycles. The molecule has 1 amide bonds. The van der Waals surface area contributed by atoms with Crippen molar-refractivity contribution in [3.8, 4) is 0 Å². The molecule has 0 heterocycles. The Balaban J connectivity index is 2.70. The minimum atomic E-state index is -4.40. The number of hydrogen-bond donors (Lipinski definition) is 2. The summed E-state index contributed by atoms with van der Waals surface area (Å²) >= 11 is 0. The summed E-state index contributed by atoms with van der Waals surface area (Å²) < 4.78 is 37.5. The van der Waals surface area contributed by atoms with Crippen molar-refractivity contribution in [3.05, 3.63) is 35.4 Å². The van der Waals surface area contributed by atoms with E-state index in [2.05, 4.69) is 5.32 Å². The van der Waals surface area contributed by atoms with Crippen molar-refractivity contribution < 1.29 is 27.9 Å². The van der Waals surface area contributed by atoms with E-state index in [1.54, 1.807) is 20.8 Å². The summed E-state index contributed by atoms with van der Waals surface area (Å²) in [7, 11) is 0. The van der Waals surface area contributed by atoms with Crippen LogP contribution in [0.4, 0.5) is 13.2 Å². The summed E-state index contributed by atoms with van der Waals surface area (Å²) in [5.74, 6) is -2.37. The zero-order chi connectivity index (χ0) is 17.8. The molecule has 4 nitrogen and oxygen atoms in total. The highest BCUT2D eigenvalue weighted by Crippen LogP contribution is 2.29. The first-order chi connectivity index (χ1) is 10.5. The fourth-order valence-electron chi connectivity index (χ4n) is 2.09. The summed E-state index contributed by atoms with van der Waals surface area (Å²) in [6.45, 7) is 4.96. The molecule has 7 heteroatoms. The van der Waals surface area contributed by atoms with Crippen LogP contribution < -0.4 is 5.32 Å². The third-order valence-corrected chi connectivity index (χ3v) is 3.50. The third kappa shape index (κ3) is 5.58. The Morgan fingerprint density at radius 3 is 2.04 bits per heavy atom. The quantitative estimate of drug-likeness (QED) is 0.842. The van der Waals surface area contributed by atoms with E-state index in [-0.39, 0.29) is 12.3 Å². The Hall–Kier alpha value is -2.05. The van der Waals surface area contributed by atoms with Crippen molar-refractivity contribution in [1.82, 2.24) is 5.32 Å². The Kier molecular flexibility index (Phi) is 6.18. The topological polar surface area (TPSA) is 66.4 Å². The third-order valence-electron chi connectivity index (χ3n) is 3.50. The number of carboxylic acid groups (broad SMARTS) is 1. The normalized spacial score (nSPS) is 14.4. The van der Waals surface area contributed by atoms with Crippen molar-refractivity contribution in [2.45, 2.75) is 39.4 Å². The van der Waals surface area contributed by atoms with E-state index in [1.165, 1.54) is 12.1 Å². The van der Waals surface area contributed by atoms with E-state index in [4.69, 9.17) is 5.11 Å². The molecule has 2 N–H and O–H groups in total. The molecule has 0 aromatic heterocycles. The van der Waals surface area contributed by atoms with Crippen LogP contribution in [0.15, 0.2) is 24.3 Å². The molecule has 23 heavy (non-hydrogen) atoms. The number of amides is 1. The molecule has 1 rings (SSSR count). The number of carbonyl (C=O) groups is 2. The molecule has 0 radical (unpaired) electrons. The molecule has 1 unspecified atom stereocenters. The molecule has 0 bridgehead atoms. The lowest BCUT2D eigenvalue weighted by molar-refractivity contribution is -0.143. The fraction of sp³-hybridized carbons (Fsp3) is 0.500. The van der Waals surface area contributed by atoms with Crippen molar-refractivity contribution in [1.29, 1.82) is 0 Å². The van der Waals surface area contributed by atoms with Crippen LogP contribution >= 0.6 is 0 Å². The summed E-state index contributed by atoms with van der Waals surface area (Å²) in [6, 6.07) is 3.59. The second kappa shape index (κ2) is 7.48.